The van der Waals surface area contributed by atoms with Crippen LogP contribution in [0.1, 0.15) is 13.3 Å². The van der Waals surface area contributed by atoms with Crippen LogP contribution in [-0.2, 0) is 0 Å². The number of hydrogen-bond acceptors (Lipinski definition) is 2. The molecule has 0 radical (unpaired) electrons. The molecular weight excluding hydrogens is 124 g/mol. The Kier molecular flexibility index (Phi) is 4.46. The highest BCUT2D eigenvalue weighted by atomic mass is 15.0. The van der Waals surface area contributed by atoms with E-state index in [0.717, 1.165) is 12.1 Å². The first-order valence-electron chi connectivity index (χ1n) is 3.47. The van der Waals surface area contributed by atoms with Crippen molar-refractivity contribution in [3.63, 3.8) is 0 Å². The average molecular weight is 140 g/mol. The van der Waals surface area contributed by atoms with Crippen molar-refractivity contribution in [1.82, 2.24) is 4.90 Å². The first-order chi connectivity index (χ1) is 4.66. The van der Waals surface area contributed by atoms with Gasteiger partial charge in [0.1, 0.15) is 0 Å². The zero-order valence-electron chi connectivity index (χ0n) is 6.96. The van der Waals surface area contributed by atoms with E-state index in [0.29, 0.717) is 0 Å². The SMILES string of the molecule is CC/C=C\C(N)=C/N(C)C. The molecule has 0 atom stereocenters. The van der Waals surface area contributed by atoms with Crippen LogP contribution >= 0.6 is 0 Å². The molecule has 58 valence electrons. The van der Waals surface area contributed by atoms with Crippen LogP contribution in [0.2, 0.25) is 0 Å². The molecule has 10 heavy (non-hydrogen) atoms. The molecule has 2 N–H and O–H groups in total. The third-order valence-electron chi connectivity index (χ3n) is 0.953. The van der Waals surface area contributed by atoms with Crippen molar-refractivity contribution in [2.75, 3.05) is 14.1 Å². The monoisotopic (exact) mass is 140 g/mol. The minimum Gasteiger partial charge on any atom is -0.398 e. The van der Waals surface area contributed by atoms with Gasteiger partial charge in [-0.2, -0.15) is 0 Å². The molecule has 0 aliphatic carbocycles. The standard InChI is InChI=1S/C8H16N2/c1-4-5-6-8(9)7-10(2)3/h5-7H,4,9H2,1-3H3/b6-5-,8-7+. The van der Waals surface area contributed by atoms with E-state index in [9.17, 15) is 0 Å². The van der Waals surface area contributed by atoms with E-state index in [1.807, 2.05) is 37.3 Å². The van der Waals surface area contributed by atoms with Gasteiger partial charge >= 0.3 is 0 Å². The van der Waals surface area contributed by atoms with E-state index < -0.39 is 0 Å². The van der Waals surface area contributed by atoms with E-state index in [1.165, 1.54) is 0 Å². The van der Waals surface area contributed by atoms with Gasteiger partial charge in [-0.3, -0.25) is 0 Å². The van der Waals surface area contributed by atoms with E-state index in [-0.39, 0.29) is 0 Å². The fraction of sp³-hybridized carbons (Fsp3) is 0.500. The van der Waals surface area contributed by atoms with E-state index in [4.69, 9.17) is 5.73 Å². The first kappa shape index (κ1) is 9.08. The second-order valence-electron chi connectivity index (χ2n) is 2.40. The van der Waals surface area contributed by atoms with Gasteiger partial charge < -0.3 is 10.6 Å². The summed E-state index contributed by atoms with van der Waals surface area (Å²) in [6.07, 6.45) is 6.86. The van der Waals surface area contributed by atoms with Gasteiger partial charge in [0, 0.05) is 26.0 Å². The van der Waals surface area contributed by atoms with Crippen molar-refractivity contribution in [3.8, 4) is 0 Å². The predicted octanol–water partition coefficient (Wildman–Crippen LogP) is 1.31. The highest BCUT2D eigenvalue weighted by Crippen LogP contribution is 1.90. The normalized spacial score (nSPS) is 12.5. The molecule has 0 amide bonds. The minimum atomic E-state index is 0.798. The number of allylic oxidation sites excluding steroid dienone is 2. The van der Waals surface area contributed by atoms with Gasteiger partial charge in [-0.1, -0.05) is 13.0 Å². The average Bonchev–Trinajstić information content (AvgIpc) is 1.82. The van der Waals surface area contributed by atoms with Gasteiger partial charge in [0.2, 0.25) is 0 Å². The van der Waals surface area contributed by atoms with Gasteiger partial charge in [0.05, 0.1) is 0 Å². The molecule has 0 unspecified atom stereocenters. The molecule has 0 spiro atoms. The summed E-state index contributed by atoms with van der Waals surface area (Å²) < 4.78 is 0. The zero-order chi connectivity index (χ0) is 7.98. The molecule has 0 aromatic rings. The molecule has 0 aromatic heterocycles. The molecule has 0 saturated heterocycles. The van der Waals surface area contributed by atoms with Crippen LogP contribution in [0.5, 0.6) is 0 Å². The maximum Gasteiger partial charge on any atom is 0.0472 e. The van der Waals surface area contributed by atoms with Gasteiger partial charge in [0.25, 0.3) is 0 Å². The molecule has 0 rings (SSSR count). The molecule has 2 nitrogen and oxygen atoms in total. The molecule has 0 heterocycles. The zero-order valence-corrected chi connectivity index (χ0v) is 6.96. The summed E-state index contributed by atoms with van der Waals surface area (Å²) >= 11 is 0. The minimum absolute atomic E-state index is 0.798. The Morgan fingerprint density at radius 3 is 2.50 bits per heavy atom. The van der Waals surface area contributed by atoms with Crippen LogP contribution < -0.4 is 5.73 Å². The molecule has 0 bridgehead atoms. The third kappa shape index (κ3) is 5.22. The second kappa shape index (κ2) is 4.91. The van der Waals surface area contributed by atoms with Crippen molar-refractivity contribution >= 4 is 0 Å². The van der Waals surface area contributed by atoms with Gasteiger partial charge in [-0.25, -0.2) is 0 Å². The lowest BCUT2D eigenvalue weighted by molar-refractivity contribution is 0.559. The summed E-state index contributed by atoms with van der Waals surface area (Å²) in [5, 5.41) is 0. The number of hydrogen-bond donors (Lipinski definition) is 1. The Morgan fingerprint density at radius 1 is 1.50 bits per heavy atom. The van der Waals surface area contributed by atoms with Crippen molar-refractivity contribution < 1.29 is 0 Å². The second-order valence-corrected chi connectivity index (χ2v) is 2.40. The first-order valence-corrected chi connectivity index (χ1v) is 3.47. The van der Waals surface area contributed by atoms with Crippen LogP contribution in [-0.4, -0.2) is 19.0 Å². The molecule has 0 aliphatic rings. The summed E-state index contributed by atoms with van der Waals surface area (Å²) in [5.74, 6) is 0. The Balaban J connectivity index is 3.82. The Morgan fingerprint density at radius 2 is 2.10 bits per heavy atom. The van der Waals surface area contributed by atoms with Crippen LogP contribution in [0, 0.1) is 0 Å². The summed E-state index contributed by atoms with van der Waals surface area (Å²) in [5.41, 5.74) is 6.39. The van der Waals surface area contributed by atoms with E-state index >= 15 is 0 Å². The number of rotatable bonds is 3. The Labute approximate surface area is 63.0 Å². The van der Waals surface area contributed by atoms with E-state index in [1.54, 1.807) is 0 Å². The lowest BCUT2D eigenvalue weighted by atomic mass is 10.3. The predicted molar refractivity (Wildman–Crippen MR) is 45.4 cm³/mol. The highest BCUT2D eigenvalue weighted by molar-refractivity contribution is 5.13. The fourth-order valence-electron chi connectivity index (χ4n) is 0.595. The van der Waals surface area contributed by atoms with Crippen molar-refractivity contribution in [2.45, 2.75) is 13.3 Å². The molecule has 0 aromatic carbocycles. The lowest BCUT2D eigenvalue weighted by Crippen LogP contribution is -2.06. The summed E-state index contributed by atoms with van der Waals surface area (Å²) in [6.45, 7) is 2.08. The number of nitrogens with zero attached hydrogens (tertiary/aromatic N) is 1. The van der Waals surface area contributed by atoms with Crippen LogP contribution in [0.25, 0.3) is 0 Å². The summed E-state index contributed by atoms with van der Waals surface area (Å²) in [7, 11) is 3.90. The lowest BCUT2D eigenvalue weighted by Gasteiger charge is -2.04. The Bertz CT molecular complexity index is 134. The molecule has 0 saturated carbocycles. The maximum atomic E-state index is 5.59. The highest BCUT2D eigenvalue weighted by Gasteiger charge is 1.81. The molecule has 0 aliphatic heterocycles. The third-order valence-corrected chi connectivity index (χ3v) is 0.953. The maximum absolute atomic E-state index is 5.59. The van der Waals surface area contributed by atoms with Crippen LogP contribution in [0.15, 0.2) is 24.0 Å². The van der Waals surface area contributed by atoms with Gasteiger partial charge in [-0.05, 0) is 12.5 Å². The van der Waals surface area contributed by atoms with Crippen LogP contribution in [0.4, 0.5) is 0 Å². The van der Waals surface area contributed by atoms with Crippen LogP contribution in [0.3, 0.4) is 0 Å². The summed E-state index contributed by atoms with van der Waals surface area (Å²) in [6, 6.07) is 0. The fourth-order valence-corrected chi connectivity index (χ4v) is 0.595. The molecule has 2 heteroatoms. The molecular formula is C8H16N2. The quantitative estimate of drug-likeness (QED) is 0.599. The number of nitrogens with two attached hydrogens (primary N) is 1. The van der Waals surface area contributed by atoms with Gasteiger partial charge in [-0.15, -0.1) is 0 Å². The van der Waals surface area contributed by atoms with E-state index in [2.05, 4.69) is 6.92 Å². The smallest absolute Gasteiger partial charge is 0.0472 e. The van der Waals surface area contributed by atoms with Crippen molar-refractivity contribution in [3.05, 3.63) is 24.0 Å². The largest absolute Gasteiger partial charge is 0.398 e. The Hall–Kier alpha value is -0.920. The topological polar surface area (TPSA) is 29.3 Å². The van der Waals surface area contributed by atoms with Gasteiger partial charge in [0.15, 0.2) is 0 Å². The van der Waals surface area contributed by atoms with Crippen molar-refractivity contribution in [2.24, 2.45) is 5.73 Å². The molecule has 0 fully saturated rings. The van der Waals surface area contributed by atoms with Crippen molar-refractivity contribution in [1.29, 1.82) is 0 Å². The summed E-state index contributed by atoms with van der Waals surface area (Å²) in [4.78, 5) is 1.93.